The summed E-state index contributed by atoms with van der Waals surface area (Å²) in [7, 11) is 0. The Kier molecular flexibility index (Phi) is 9.59. The fourth-order valence-corrected chi connectivity index (χ4v) is 9.64. The molecule has 2 bridgehead atoms. The number of rotatable bonds is 13. The van der Waals surface area contributed by atoms with E-state index in [-0.39, 0.29) is 48.7 Å². The van der Waals surface area contributed by atoms with E-state index in [0.717, 1.165) is 24.5 Å². The monoisotopic (exact) mass is 583 g/mol. The predicted molar refractivity (Wildman–Crippen MR) is 165 cm³/mol. The molecule has 3 unspecified atom stereocenters. The van der Waals surface area contributed by atoms with Crippen molar-refractivity contribution in [3.05, 3.63) is 49.6 Å². The Morgan fingerprint density at radius 1 is 1.17 bits per heavy atom. The lowest BCUT2D eigenvalue weighted by molar-refractivity contribution is -0.154. The maximum Gasteiger partial charge on any atom is 0.311 e. The summed E-state index contributed by atoms with van der Waals surface area (Å²) in [5.74, 6) is -2.30. The van der Waals surface area contributed by atoms with Gasteiger partial charge in [0.25, 0.3) is 5.91 Å². The number of aliphatic hydroxyl groups excluding tert-OH is 1. The van der Waals surface area contributed by atoms with Crippen LogP contribution in [-0.4, -0.2) is 82.7 Å². The lowest BCUT2D eigenvalue weighted by Gasteiger charge is -2.42. The van der Waals surface area contributed by atoms with Crippen LogP contribution >= 0.6 is 11.8 Å². The Labute approximate surface area is 248 Å². The molecule has 1 N–H and O–H groups in total. The summed E-state index contributed by atoms with van der Waals surface area (Å²) in [5, 5.41) is 10.4. The molecule has 7 atom stereocenters. The molecule has 0 aliphatic carbocycles. The van der Waals surface area contributed by atoms with Crippen LogP contribution in [0.4, 0.5) is 11.4 Å². The first-order chi connectivity index (χ1) is 19.6. The molecule has 9 heteroatoms. The number of esters is 1. The Morgan fingerprint density at radius 2 is 1.80 bits per heavy atom. The highest BCUT2D eigenvalue weighted by Crippen LogP contribution is 2.69. The van der Waals surface area contributed by atoms with Gasteiger partial charge in [-0.2, -0.15) is 0 Å². The summed E-state index contributed by atoms with van der Waals surface area (Å²) < 4.78 is 4.68. The zero-order chi connectivity index (χ0) is 30.1. The Morgan fingerprint density at radius 3 is 2.34 bits per heavy atom. The van der Waals surface area contributed by atoms with Crippen molar-refractivity contribution in [3.63, 3.8) is 0 Å². The van der Waals surface area contributed by atoms with Gasteiger partial charge < -0.3 is 24.5 Å². The number of hydrogen-bond donors (Lipinski definition) is 1. The van der Waals surface area contributed by atoms with Gasteiger partial charge in [-0.25, -0.2) is 0 Å². The molecular weight excluding hydrogens is 538 g/mol. The average molecular weight is 584 g/mol. The molecule has 0 radical (unpaired) electrons. The maximum absolute atomic E-state index is 14.8. The average Bonchev–Trinajstić information content (AvgIpc) is 3.55. The SMILES string of the molecule is C=CCOC(=O)[C@@H]1[C@@H]2CC(C)C3(S2)C(C(=O)N(CC=C)c2ccc(N(CC)CC)cc2)N([C@@H](CO)C(C)C)C(=O)[C@H]13. The van der Waals surface area contributed by atoms with Crippen molar-refractivity contribution in [3.8, 4) is 0 Å². The maximum atomic E-state index is 14.8. The second kappa shape index (κ2) is 12.6. The molecule has 3 fully saturated rings. The number of anilines is 2. The number of likely N-dealkylation sites (tertiary alicyclic amines) is 1. The highest BCUT2D eigenvalue weighted by Gasteiger charge is 2.77. The number of hydrogen-bond acceptors (Lipinski definition) is 7. The smallest absolute Gasteiger partial charge is 0.311 e. The molecule has 3 aliphatic rings. The molecule has 3 heterocycles. The number of carbonyl (C=O) groups is 3. The number of fused-ring (bicyclic) bond motifs is 1. The molecule has 41 heavy (non-hydrogen) atoms. The molecule has 1 aromatic carbocycles. The van der Waals surface area contributed by atoms with Crippen LogP contribution in [0, 0.1) is 23.7 Å². The van der Waals surface area contributed by atoms with Crippen LogP contribution in [0.5, 0.6) is 0 Å². The van der Waals surface area contributed by atoms with E-state index < -0.39 is 34.6 Å². The third-order valence-corrected chi connectivity index (χ3v) is 11.3. The van der Waals surface area contributed by atoms with E-state index >= 15 is 0 Å². The molecule has 3 saturated heterocycles. The predicted octanol–water partition coefficient (Wildman–Crippen LogP) is 4.14. The van der Waals surface area contributed by atoms with E-state index in [1.807, 2.05) is 38.1 Å². The molecule has 3 aliphatic heterocycles. The van der Waals surface area contributed by atoms with Gasteiger partial charge in [-0.1, -0.05) is 39.5 Å². The highest BCUT2D eigenvalue weighted by molar-refractivity contribution is 8.02. The van der Waals surface area contributed by atoms with Gasteiger partial charge in [0.15, 0.2) is 0 Å². The van der Waals surface area contributed by atoms with E-state index in [1.165, 1.54) is 6.08 Å². The lowest BCUT2D eigenvalue weighted by Crippen LogP contribution is -2.60. The van der Waals surface area contributed by atoms with Gasteiger partial charge >= 0.3 is 5.97 Å². The minimum atomic E-state index is -0.843. The van der Waals surface area contributed by atoms with Crippen molar-refractivity contribution in [1.82, 2.24) is 4.90 Å². The number of nitrogens with zero attached hydrogens (tertiary/aromatic N) is 3. The number of benzene rings is 1. The highest BCUT2D eigenvalue weighted by atomic mass is 32.2. The number of ether oxygens (including phenoxy) is 1. The minimum absolute atomic E-state index is 0.0102. The molecule has 8 nitrogen and oxygen atoms in total. The van der Waals surface area contributed by atoms with Crippen molar-refractivity contribution >= 4 is 40.9 Å². The second-order valence-corrected chi connectivity index (χ2v) is 13.2. The van der Waals surface area contributed by atoms with Gasteiger partial charge in [-0.3, -0.25) is 14.4 Å². The van der Waals surface area contributed by atoms with Gasteiger partial charge in [-0.15, -0.1) is 18.3 Å². The Balaban J connectivity index is 1.81. The number of amides is 2. The molecule has 1 spiro atoms. The van der Waals surface area contributed by atoms with E-state index in [0.29, 0.717) is 6.42 Å². The van der Waals surface area contributed by atoms with Crippen molar-refractivity contribution in [2.45, 2.75) is 63.1 Å². The molecular formula is C32H45N3O5S. The van der Waals surface area contributed by atoms with Crippen LogP contribution in [0.15, 0.2) is 49.6 Å². The summed E-state index contributed by atoms with van der Waals surface area (Å²) in [4.78, 5) is 48.1. The first kappa shape index (κ1) is 31.2. The zero-order valence-electron chi connectivity index (χ0n) is 25.0. The van der Waals surface area contributed by atoms with Crippen LogP contribution in [0.3, 0.4) is 0 Å². The summed E-state index contributed by atoms with van der Waals surface area (Å²) >= 11 is 1.60. The largest absolute Gasteiger partial charge is 0.461 e. The van der Waals surface area contributed by atoms with Gasteiger partial charge in [0.2, 0.25) is 5.91 Å². The number of aliphatic hydroxyl groups is 1. The fraction of sp³-hybridized carbons (Fsp3) is 0.594. The van der Waals surface area contributed by atoms with Gasteiger partial charge in [0.05, 0.1) is 29.2 Å². The Hall–Kier alpha value is -2.78. The van der Waals surface area contributed by atoms with Gasteiger partial charge in [0.1, 0.15) is 12.6 Å². The van der Waals surface area contributed by atoms with Crippen molar-refractivity contribution < 1.29 is 24.2 Å². The van der Waals surface area contributed by atoms with Crippen molar-refractivity contribution in [1.29, 1.82) is 0 Å². The summed E-state index contributed by atoms with van der Waals surface area (Å²) in [6.07, 6.45) is 3.92. The molecule has 0 aromatic heterocycles. The fourth-order valence-electron chi connectivity index (χ4n) is 7.25. The topological polar surface area (TPSA) is 90.4 Å². The third-order valence-electron chi connectivity index (χ3n) is 9.21. The molecule has 0 saturated carbocycles. The summed E-state index contributed by atoms with van der Waals surface area (Å²) in [6.45, 7) is 19.6. The molecule has 2 amide bonds. The zero-order valence-corrected chi connectivity index (χ0v) is 25.8. The van der Waals surface area contributed by atoms with E-state index in [9.17, 15) is 19.5 Å². The van der Waals surface area contributed by atoms with Crippen molar-refractivity contribution in [2.75, 3.05) is 42.6 Å². The molecule has 4 rings (SSSR count). The summed E-state index contributed by atoms with van der Waals surface area (Å²) in [6, 6.07) is 6.50. The van der Waals surface area contributed by atoms with Crippen LogP contribution in [0.25, 0.3) is 0 Å². The van der Waals surface area contributed by atoms with Gasteiger partial charge in [0, 0.05) is 36.3 Å². The van der Waals surface area contributed by atoms with Crippen LogP contribution in [0.1, 0.15) is 41.0 Å². The van der Waals surface area contributed by atoms with Crippen LogP contribution < -0.4 is 9.80 Å². The van der Waals surface area contributed by atoms with Crippen LogP contribution in [-0.2, 0) is 19.1 Å². The molecule has 1 aromatic rings. The van der Waals surface area contributed by atoms with E-state index in [1.54, 1.807) is 27.6 Å². The first-order valence-corrected chi connectivity index (χ1v) is 15.7. The Bertz CT molecular complexity index is 1150. The molecule has 224 valence electrons. The number of carbonyl (C=O) groups excluding carboxylic acids is 3. The van der Waals surface area contributed by atoms with E-state index in [4.69, 9.17) is 4.74 Å². The standard InChI is InChI=1S/C32H45N3O5S/c1-8-16-34(23-14-12-22(13-15-23)33(10-3)11-4)30(38)28-32-21(7)18-25(41-32)26(31(39)40-17-9-2)27(32)29(37)35(28)24(19-36)20(5)6/h8-9,12-15,20-21,24-28,36H,1-2,10-11,16-19H2,3-7H3/t21?,24-,25-,26+,27-,28?,32?/m0/s1. The van der Waals surface area contributed by atoms with Crippen LogP contribution in [0.2, 0.25) is 0 Å². The minimum Gasteiger partial charge on any atom is -0.461 e. The van der Waals surface area contributed by atoms with E-state index in [2.05, 4.69) is 38.8 Å². The van der Waals surface area contributed by atoms with Gasteiger partial charge in [-0.05, 0) is 56.4 Å². The lowest BCUT2D eigenvalue weighted by atomic mass is 9.66. The number of thioether (sulfide) groups is 1. The summed E-state index contributed by atoms with van der Waals surface area (Å²) in [5.41, 5.74) is 1.79. The third kappa shape index (κ3) is 5.09. The first-order valence-electron chi connectivity index (χ1n) is 14.8. The van der Waals surface area contributed by atoms with Crippen molar-refractivity contribution in [2.24, 2.45) is 23.7 Å². The second-order valence-electron chi connectivity index (χ2n) is 11.6. The normalized spacial score (nSPS) is 28.9. The quantitative estimate of drug-likeness (QED) is 0.276.